The van der Waals surface area contributed by atoms with Crippen LogP contribution in [0.3, 0.4) is 0 Å². The minimum atomic E-state index is -1.41. The van der Waals surface area contributed by atoms with Crippen molar-refractivity contribution in [1.82, 2.24) is 35.7 Å². The van der Waals surface area contributed by atoms with E-state index in [9.17, 15) is 24.3 Å². The maximum Gasteiger partial charge on any atom is 0.408 e. The maximum atomic E-state index is 14.1. The predicted octanol–water partition coefficient (Wildman–Crippen LogP) is 2.78. The minimum Gasteiger partial charge on any atom is -0.479 e. The van der Waals surface area contributed by atoms with Crippen molar-refractivity contribution in [1.29, 1.82) is 0 Å². The van der Waals surface area contributed by atoms with Gasteiger partial charge in [-0.3, -0.25) is 9.59 Å². The van der Waals surface area contributed by atoms with E-state index in [4.69, 9.17) is 4.74 Å². The first-order chi connectivity index (χ1) is 20.9. The molecule has 1 aliphatic carbocycles. The Balaban J connectivity index is 1.41. The van der Waals surface area contributed by atoms with E-state index >= 15 is 0 Å². The van der Waals surface area contributed by atoms with E-state index < -0.39 is 53.0 Å². The molecule has 3 N–H and O–H groups in total. The van der Waals surface area contributed by atoms with Crippen LogP contribution < -0.4 is 10.6 Å². The molecule has 13 nitrogen and oxygen atoms in total. The van der Waals surface area contributed by atoms with Gasteiger partial charge in [-0.25, -0.2) is 9.59 Å². The van der Waals surface area contributed by atoms with E-state index in [0.29, 0.717) is 25.2 Å². The number of ether oxygens (including phenoxy) is 1. The molecule has 3 aliphatic rings. The van der Waals surface area contributed by atoms with E-state index in [1.807, 2.05) is 42.5 Å². The highest BCUT2D eigenvalue weighted by molar-refractivity contribution is 5.96. The van der Waals surface area contributed by atoms with E-state index in [1.54, 1.807) is 20.8 Å². The van der Waals surface area contributed by atoms with Crippen LogP contribution in [0.4, 0.5) is 4.79 Å². The van der Waals surface area contributed by atoms with Crippen molar-refractivity contribution in [2.45, 2.75) is 101 Å². The number of allylic oxidation sites excluding steroid dienone is 1. The molecule has 1 aromatic heterocycles. The van der Waals surface area contributed by atoms with Crippen LogP contribution in [0, 0.1) is 5.92 Å². The van der Waals surface area contributed by atoms with Crippen LogP contribution >= 0.6 is 0 Å². The molecule has 0 spiro atoms. The van der Waals surface area contributed by atoms with Gasteiger partial charge in [0, 0.05) is 18.4 Å². The van der Waals surface area contributed by atoms with Crippen LogP contribution in [-0.2, 0) is 25.7 Å². The van der Waals surface area contributed by atoms with Gasteiger partial charge in [0.05, 0.1) is 6.54 Å². The Bertz CT molecular complexity index is 1400. The molecule has 3 heterocycles. The zero-order valence-corrected chi connectivity index (χ0v) is 25.4. The normalized spacial score (nSPS) is 27.8. The van der Waals surface area contributed by atoms with Crippen molar-refractivity contribution in [3.05, 3.63) is 53.9 Å². The number of aromatic nitrogens is 4. The van der Waals surface area contributed by atoms with Crippen molar-refractivity contribution in [3.8, 4) is 0 Å². The van der Waals surface area contributed by atoms with Gasteiger partial charge >= 0.3 is 12.1 Å². The molecule has 5 atom stereocenters. The van der Waals surface area contributed by atoms with E-state index in [2.05, 4.69) is 26.0 Å². The lowest BCUT2D eigenvalue weighted by atomic mass is 10.0. The molecule has 1 saturated heterocycles. The first kappa shape index (κ1) is 31.1. The third-order valence-corrected chi connectivity index (χ3v) is 8.35. The summed E-state index contributed by atoms with van der Waals surface area (Å²) in [5.74, 6) is -2.44. The van der Waals surface area contributed by atoms with Gasteiger partial charge in [0.1, 0.15) is 23.2 Å². The number of tetrazole rings is 1. The lowest BCUT2D eigenvalue weighted by Gasteiger charge is -2.30. The molecule has 0 unspecified atom stereocenters. The topological polar surface area (TPSA) is 169 Å². The first-order valence-corrected chi connectivity index (χ1v) is 15.3. The molecule has 2 aromatic rings. The number of hydrogen-bond acceptors (Lipinski definition) is 8. The highest BCUT2D eigenvalue weighted by atomic mass is 16.6. The van der Waals surface area contributed by atoms with Gasteiger partial charge in [-0.2, -0.15) is 4.80 Å². The Morgan fingerprint density at radius 2 is 1.93 bits per heavy atom. The van der Waals surface area contributed by atoms with E-state index in [0.717, 1.165) is 24.8 Å². The van der Waals surface area contributed by atoms with Crippen LogP contribution in [0.5, 0.6) is 0 Å². The highest BCUT2D eigenvalue weighted by Gasteiger charge is 2.61. The van der Waals surface area contributed by atoms with Gasteiger partial charge in [0.15, 0.2) is 5.82 Å². The number of aliphatic carboxylic acids is 1. The Hall–Kier alpha value is -4.29. The number of carbonyl (C=O) groups excluding carboxylic acids is 3. The van der Waals surface area contributed by atoms with Crippen LogP contribution in [0.25, 0.3) is 0 Å². The number of nitrogens with zero attached hydrogens (tertiary/aromatic N) is 5. The number of alkyl carbamates (subject to hydrolysis) is 1. The summed E-state index contributed by atoms with van der Waals surface area (Å²) in [6.07, 6.45) is 7.05. The number of carboxylic acid groups (broad SMARTS) is 1. The zero-order chi connectivity index (χ0) is 31.5. The molecule has 1 aromatic carbocycles. The van der Waals surface area contributed by atoms with Gasteiger partial charge in [-0.1, -0.05) is 55.3 Å². The molecular formula is C31H41N7O6. The molecule has 5 rings (SSSR count). The Kier molecular flexibility index (Phi) is 9.02. The second-order valence-corrected chi connectivity index (χ2v) is 12.9. The zero-order valence-electron chi connectivity index (χ0n) is 25.4. The molecule has 13 heteroatoms. The van der Waals surface area contributed by atoms with Crippen LogP contribution in [-0.4, -0.2) is 83.9 Å². The maximum absolute atomic E-state index is 14.1. The number of benzene rings is 1. The summed E-state index contributed by atoms with van der Waals surface area (Å²) in [4.78, 5) is 55.9. The Morgan fingerprint density at radius 3 is 2.66 bits per heavy atom. The van der Waals surface area contributed by atoms with E-state index in [1.165, 1.54) is 9.70 Å². The number of carboxylic acids is 1. The monoisotopic (exact) mass is 607 g/mol. The molecular weight excluding hydrogens is 566 g/mol. The van der Waals surface area contributed by atoms with Crippen molar-refractivity contribution >= 4 is 23.9 Å². The Labute approximate surface area is 256 Å². The van der Waals surface area contributed by atoms with Crippen LogP contribution in [0.2, 0.25) is 0 Å². The van der Waals surface area contributed by atoms with Gasteiger partial charge in [0.25, 0.3) is 0 Å². The molecule has 44 heavy (non-hydrogen) atoms. The minimum absolute atomic E-state index is 0.115. The number of carbonyl (C=O) groups is 4. The second-order valence-electron chi connectivity index (χ2n) is 12.9. The highest BCUT2D eigenvalue weighted by Crippen LogP contribution is 2.45. The average Bonchev–Trinajstić information content (AvgIpc) is 3.27. The third kappa shape index (κ3) is 7.25. The van der Waals surface area contributed by atoms with Gasteiger partial charge in [-0.15, -0.1) is 10.2 Å². The quantitative estimate of drug-likeness (QED) is 0.433. The van der Waals surface area contributed by atoms with E-state index in [-0.39, 0.29) is 25.3 Å². The van der Waals surface area contributed by atoms with Crippen molar-refractivity contribution in [2.75, 3.05) is 6.54 Å². The number of amides is 3. The largest absolute Gasteiger partial charge is 0.479 e. The first-order valence-electron chi connectivity index (χ1n) is 15.3. The average molecular weight is 608 g/mol. The van der Waals surface area contributed by atoms with Crippen LogP contribution in [0.15, 0.2) is 42.5 Å². The summed E-state index contributed by atoms with van der Waals surface area (Å²) >= 11 is 0. The van der Waals surface area contributed by atoms with Crippen molar-refractivity contribution in [3.63, 3.8) is 0 Å². The molecule has 2 fully saturated rings. The summed E-state index contributed by atoms with van der Waals surface area (Å²) in [5.41, 5.74) is -1.18. The predicted molar refractivity (Wildman–Crippen MR) is 158 cm³/mol. The number of hydrogen-bond donors (Lipinski definition) is 3. The summed E-state index contributed by atoms with van der Waals surface area (Å²) < 4.78 is 5.44. The molecule has 3 amide bonds. The fourth-order valence-electron chi connectivity index (χ4n) is 5.97. The summed E-state index contributed by atoms with van der Waals surface area (Å²) in [5, 5.41) is 28.5. The SMILES string of the molecule is CC(C)(C)OC(=O)N[C@H]1CCCCCC=C[C@@H]2C[C@@]2(C(=O)O)NC(=O)[C@@H]2C[C@@H](c3nnn(Cc4ccccc4)n3)CN2C1=O. The summed E-state index contributed by atoms with van der Waals surface area (Å²) in [6, 6.07) is 7.76. The molecule has 0 bridgehead atoms. The standard InChI is InChI=1S/C31H41N7O6/c1-30(2,3)44-29(43)32-23-15-11-6-4-5-10-14-22-17-31(22,28(41)42)33-26(39)24-16-21(19-37(24)27(23)40)25-34-36-38(35-25)18-20-12-8-7-9-13-20/h7-10,12-14,21-24H,4-6,11,15-19H2,1-3H3,(H,32,43)(H,33,39)(H,41,42)/t21-,22-,23+,24+,31-/m1/s1. The Morgan fingerprint density at radius 1 is 1.16 bits per heavy atom. The number of nitrogens with one attached hydrogen (secondary N) is 2. The van der Waals surface area contributed by atoms with Crippen molar-refractivity contribution in [2.24, 2.45) is 5.92 Å². The molecule has 236 valence electrons. The summed E-state index contributed by atoms with van der Waals surface area (Å²) in [6.45, 7) is 5.75. The molecule has 0 radical (unpaired) electrons. The third-order valence-electron chi connectivity index (χ3n) is 8.35. The smallest absolute Gasteiger partial charge is 0.408 e. The van der Waals surface area contributed by atoms with Crippen LogP contribution in [0.1, 0.15) is 83.0 Å². The molecule has 1 saturated carbocycles. The summed E-state index contributed by atoms with van der Waals surface area (Å²) in [7, 11) is 0. The lowest BCUT2D eigenvalue weighted by Crippen LogP contribution is -2.56. The van der Waals surface area contributed by atoms with Gasteiger partial charge < -0.3 is 25.4 Å². The fourth-order valence-corrected chi connectivity index (χ4v) is 5.97. The van der Waals surface area contributed by atoms with Gasteiger partial charge in [-0.05, 0) is 63.7 Å². The number of rotatable bonds is 5. The fraction of sp³-hybridized carbons (Fsp3) is 0.581. The second kappa shape index (κ2) is 12.7. The van der Waals surface area contributed by atoms with Gasteiger partial charge in [0.2, 0.25) is 11.8 Å². The number of fused-ring (bicyclic) bond motifs is 2. The van der Waals surface area contributed by atoms with Crippen molar-refractivity contribution < 1.29 is 29.0 Å². The molecule has 2 aliphatic heterocycles. The lowest BCUT2D eigenvalue weighted by molar-refractivity contribution is -0.145.